The fraction of sp³-hybridized carbons (Fsp3) is 0.143. The first-order valence-electron chi connectivity index (χ1n) is 6.23. The number of benzene rings is 1. The Hall–Kier alpha value is -2.47. The van der Waals surface area contributed by atoms with E-state index in [1.54, 1.807) is 36.5 Å². The molecule has 0 saturated carbocycles. The first-order chi connectivity index (χ1) is 10.1. The molecule has 0 atom stereocenters. The molecule has 0 aliphatic rings. The van der Waals surface area contributed by atoms with Crippen LogP contribution >= 0.6 is 11.6 Å². The van der Waals surface area contributed by atoms with Crippen molar-refractivity contribution in [2.24, 2.45) is 0 Å². The van der Waals surface area contributed by atoms with Crippen molar-refractivity contribution in [1.82, 2.24) is 19.6 Å². The first-order valence-corrected chi connectivity index (χ1v) is 6.61. The Morgan fingerprint density at radius 1 is 1.29 bits per heavy atom. The monoisotopic (exact) mass is 302 g/mol. The SMILES string of the molecule is Cc1ccnc2nc(C(=O)OCc3ccc(Cl)cc3)nn12. The number of nitrogens with zero attached hydrogens (tertiary/aromatic N) is 4. The summed E-state index contributed by atoms with van der Waals surface area (Å²) in [6.45, 7) is 1.99. The van der Waals surface area contributed by atoms with Gasteiger partial charge in [0.25, 0.3) is 11.6 Å². The highest BCUT2D eigenvalue weighted by atomic mass is 35.5. The summed E-state index contributed by atoms with van der Waals surface area (Å²) >= 11 is 5.79. The first kappa shape index (κ1) is 13.5. The lowest BCUT2D eigenvalue weighted by Gasteiger charge is -2.02. The summed E-state index contributed by atoms with van der Waals surface area (Å²) in [5.74, 6) is -0.228. The largest absolute Gasteiger partial charge is 0.455 e. The third-order valence-corrected chi connectivity index (χ3v) is 3.15. The van der Waals surface area contributed by atoms with Crippen LogP contribution in [0.2, 0.25) is 5.02 Å². The molecular formula is C14H11ClN4O2. The maximum atomic E-state index is 12.0. The van der Waals surface area contributed by atoms with Gasteiger partial charge in [-0.15, -0.1) is 5.10 Å². The molecule has 0 N–H and O–H groups in total. The zero-order valence-corrected chi connectivity index (χ0v) is 11.9. The summed E-state index contributed by atoms with van der Waals surface area (Å²) in [7, 11) is 0. The van der Waals surface area contributed by atoms with E-state index in [2.05, 4.69) is 15.1 Å². The predicted molar refractivity (Wildman–Crippen MR) is 76.1 cm³/mol. The molecule has 0 bridgehead atoms. The van der Waals surface area contributed by atoms with E-state index in [9.17, 15) is 4.79 Å². The van der Waals surface area contributed by atoms with Crippen LogP contribution in [0.15, 0.2) is 36.5 Å². The van der Waals surface area contributed by atoms with Crippen molar-refractivity contribution in [3.05, 3.63) is 58.6 Å². The highest BCUT2D eigenvalue weighted by Crippen LogP contribution is 2.11. The lowest BCUT2D eigenvalue weighted by atomic mass is 10.2. The molecule has 3 aromatic rings. The number of aryl methyl sites for hydroxylation is 1. The van der Waals surface area contributed by atoms with Gasteiger partial charge in [-0.2, -0.15) is 4.98 Å². The molecule has 0 radical (unpaired) electrons. The van der Waals surface area contributed by atoms with Gasteiger partial charge in [0.1, 0.15) is 6.61 Å². The summed E-state index contributed by atoms with van der Waals surface area (Å²) in [5.41, 5.74) is 1.68. The number of carbonyl (C=O) groups excluding carboxylic acids is 1. The molecule has 21 heavy (non-hydrogen) atoms. The van der Waals surface area contributed by atoms with Crippen LogP contribution in [0.1, 0.15) is 21.9 Å². The number of halogens is 1. The van der Waals surface area contributed by atoms with E-state index in [4.69, 9.17) is 16.3 Å². The van der Waals surface area contributed by atoms with Crippen molar-refractivity contribution in [2.45, 2.75) is 13.5 Å². The number of rotatable bonds is 3. The minimum absolute atomic E-state index is 0.00855. The summed E-state index contributed by atoms with van der Waals surface area (Å²) in [6.07, 6.45) is 1.61. The van der Waals surface area contributed by atoms with Gasteiger partial charge in [-0.3, -0.25) is 0 Å². The smallest absolute Gasteiger partial charge is 0.378 e. The molecule has 0 amide bonds. The van der Waals surface area contributed by atoms with E-state index in [-0.39, 0.29) is 12.4 Å². The van der Waals surface area contributed by atoms with Crippen LogP contribution in [-0.2, 0) is 11.3 Å². The molecule has 3 rings (SSSR count). The minimum Gasteiger partial charge on any atom is -0.455 e. The second-order valence-corrected chi connectivity index (χ2v) is 4.87. The molecule has 2 heterocycles. The normalized spacial score (nSPS) is 10.8. The van der Waals surface area contributed by atoms with Crippen molar-refractivity contribution in [2.75, 3.05) is 0 Å². The van der Waals surface area contributed by atoms with Gasteiger partial charge >= 0.3 is 5.97 Å². The van der Waals surface area contributed by atoms with E-state index < -0.39 is 5.97 Å². The number of hydrogen-bond acceptors (Lipinski definition) is 5. The third-order valence-electron chi connectivity index (χ3n) is 2.90. The van der Waals surface area contributed by atoms with Crippen molar-refractivity contribution < 1.29 is 9.53 Å². The number of carbonyl (C=O) groups is 1. The van der Waals surface area contributed by atoms with Gasteiger partial charge in [0.15, 0.2) is 0 Å². The Kier molecular flexibility index (Phi) is 3.53. The summed E-state index contributed by atoms with van der Waals surface area (Å²) < 4.78 is 6.67. The standard InChI is InChI=1S/C14H11ClN4O2/c1-9-6-7-16-14-17-12(18-19(9)14)13(20)21-8-10-2-4-11(15)5-3-10/h2-7H,8H2,1H3. The van der Waals surface area contributed by atoms with E-state index in [0.717, 1.165) is 11.3 Å². The molecule has 2 aromatic heterocycles. The van der Waals surface area contributed by atoms with E-state index in [0.29, 0.717) is 10.8 Å². The molecule has 0 fully saturated rings. The molecule has 0 saturated heterocycles. The molecular weight excluding hydrogens is 292 g/mol. The number of hydrogen-bond donors (Lipinski definition) is 0. The number of fused-ring (bicyclic) bond motifs is 1. The van der Waals surface area contributed by atoms with Gasteiger partial charge in [0.2, 0.25) is 0 Å². The lowest BCUT2D eigenvalue weighted by Crippen LogP contribution is -2.07. The average Bonchev–Trinajstić information content (AvgIpc) is 2.92. The van der Waals surface area contributed by atoms with E-state index in [1.165, 1.54) is 4.52 Å². The number of esters is 1. The van der Waals surface area contributed by atoms with Crippen LogP contribution in [0.4, 0.5) is 0 Å². The minimum atomic E-state index is -0.588. The van der Waals surface area contributed by atoms with Crippen molar-refractivity contribution >= 4 is 23.3 Å². The Balaban J connectivity index is 1.75. The predicted octanol–water partition coefficient (Wildman–Crippen LogP) is 2.44. The van der Waals surface area contributed by atoms with Crippen LogP contribution in [0.25, 0.3) is 5.78 Å². The molecule has 0 unspecified atom stereocenters. The summed E-state index contributed by atoms with van der Waals surface area (Å²) in [6, 6.07) is 8.84. The zero-order valence-electron chi connectivity index (χ0n) is 11.2. The second kappa shape index (κ2) is 5.49. The Bertz CT molecular complexity index is 798. The maximum absolute atomic E-state index is 12.0. The van der Waals surface area contributed by atoms with E-state index >= 15 is 0 Å². The Labute approximate surface area is 125 Å². The molecule has 0 aliphatic heterocycles. The fourth-order valence-electron chi connectivity index (χ4n) is 1.79. The van der Waals surface area contributed by atoms with Gasteiger partial charge in [0, 0.05) is 16.9 Å². The molecule has 0 spiro atoms. The van der Waals surface area contributed by atoms with Crippen LogP contribution in [0.3, 0.4) is 0 Å². The highest BCUT2D eigenvalue weighted by molar-refractivity contribution is 6.30. The van der Waals surface area contributed by atoms with Gasteiger partial charge < -0.3 is 4.74 Å². The molecule has 106 valence electrons. The molecule has 1 aromatic carbocycles. The quantitative estimate of drug-likeness (QED) is 0.695. The Morgan fingerprint density at radius 2 is 2.05 bits per heavy atom. The van der Waals surface area contributed by atoms with Crippen molar-refractivity contribution in [3.8, 4) is 0 Å². The van der Waals surface area contributed by atoms with E-state index in [1.807, 2.05) is 6.92 Å². The average molecular weight is 303 g/mol. The van der Waals surface area contributed by atoms with Crippen molar-refractivity contribution in [3.63, 3.8) is 0 Å². The van der Waals surface area contributed by atoms with Gasteiger partial charge in [-0.1, -0.05) is 23.7 Å². The second-order valence-electron chi connectivity index (χ2n) is 4.44. The zero-order chi connectivity index (χ0) is 14.8. The lowest BCUT2D eigenvalue weighted by molar-refractivity contribution is 0.0458. The van der Waals surface area contributed by atoms with Gasteiger partial charge in [-0.05, 0) is 30.7 Å². The molecule has 6 nitrogen and oxygen atoms in total. The van der Waals surface area contributed by atoms with Gasteiger partial charge in [-0.25, -0.2) is 14.3 Å². The van der Waals surface area contributed by atoms with Crippen molar-refractivity contribution in [1.29, 1.82) is 0 Å². The maximum Gasteiger partial charge on any atom is 0.378 e. The highest BCUT2D eigenvalue weighted by Gasteiger charge is 2.15. The molecule has 7 heteroatoms. The topological polar surface area (TPSA) is 69.4 Å². The Morgan fingerprint density at radius 3 is 2.76 bits per heavy atom. The number of aromatic nitrogens is 4. The van der Waals surface area contributed by atoms with Crippen LogP contribution in [0.5, 0.6) is 0 Å². The summed E-state index contributed by atoms with van der Waals surface area (Å²) in [4.78, 5) is 20.0. The van der Waals surface area contributed by atoms with Crippen LogP contribution in [0, 0.1) is 6.92 Å². The van der Waals surface area contributed by atoms with Crippen LogP contribution in [-0.4, -0.2) is 25.6 Å². The fourth-order valence-corrected chi connectivity index (χ4v) is 1.91. The number of ether oxygens (including phenoxy) is 1. The summed E-state index contributed by atoms with van der Waals surface area (Å²) in [5, 5.41) is 4.72. The third kappa shape index (κ3) is 2.85. The van der Waals surface area contributed by atoms with Gasteiger partial charge in [0.05, 0.1) is 0 Å². The molecule has 0 aliphatic carbocycles. The van der Waals surface area contributed by atoms with Crippen LogP contribution < -0.4 is 0 Å².